The third-order valence-corrected chi connectivity index (χ3v) is 4.58. The summed E-state index contributed by atoms with van der Waals surface area (Å²) in [5.41, 5.74) is 0. The molecule has 0 saturated carbocycles. The maximum absolute atomic E-state index is 5.81. The van der Waals surface area contributed by atoms with Gasteiger partial charge in [0.25, 0.3) is 0 Å². The van der Waals surface area contributed by atoms with Crippen molar-refractivity contribution in [1.29, 1.82) is 0 Å². The van der Waals surface area contributed by atoms with Gasteiger partial charge in [-0.1, -0.05) is 0 Å². The summed E-state index contributed by atoms with van der Waals surface area (Å²) in [4.78, 5) is 6.70. The van der Waals surface area contributed by atoms with Crippen LogP contribution in [0.4, 0.5) is 0 Å². The Hall–Kier alpha value is -2.01. The zero-order chi connectivity index (χ0) is 16.6. The lowest BCUT2D eigenvalue weighted by Crippen LogP contribution is -2.37. The highest BCUT2D eigenvalue weighted by molar-refractivity contribution is 5.31. The third kappa shape index (κ3) is 4.99. The van der Waals surface area contributed by atoms with Crippen molar-refractivity contribution in [3.8, 4) is 11.5 Å². The van der Waals surface area contributed by atoms with Crippen molar-refractivity contribution in [2.24, 2.45) is 5.92 Å². The van der Waals surface area contributed by atoms with Gasteiger partial charge in [-0.3, -0.25) is 0 Å². The molecule has 0 N–H and O–H groups in total. The zero-order valence-electron chi connectivity index (χ0n) is 14.4. The fourth-order valence-electron chi connectivity index (χ4n) is 3.35. The summed E-state index contributed by atoms with van der Waals surface area (Å²) in [6.07, 6.45) is 9.50. The Labute approximate surface area is 144 Å². The van der Waals surface area contributed by atoms with E-state index in [1.54, 1.807) is 7.11 Å². The summed E-state index contributed by atoms with van der Waals surface area (Å²) < 4.78 is 13.2. The van der Waals surface area contributed by atoms with E-state index in [2.05, 4.69) is 20.6 Å². The number of hydrogen-bond donors (Lipinski definition) is 0. The molecule has 5 heteroatoms. The number of aromatic nitrogens is 2. The van der Waals surface area contributed by atoms with E-state index in [0.29, 0.717) is 0 Å². The van der Waals surface area contributed by atoms with Crippen LogP contribution in [0.5, 0.6) is 11.5 Å². The van der Waals surface area contributed by atoms with E-state index in [1.165, 1.54) is 25.9 Å². The number of rotatable bonds is 8. The average Bonchev–Trinajstić information content (AvgIpc) is 3.13. The van der Waals surface area contributed by atoms with Crippen LogP contribution in [-0.4, -0.2) is 47.8 Å². The predicted molar refractivity (Wildman–Crippen MR) is 94.5 cm³/mol. The van der Waals surface area contributed by atoms with Gasteiger partial charge in [-0.05, 0) is 56.0 Å². The van der Waals surface area contributed by atoms with Gasteiger partial charge < -0.3 is 18.9 Å². The van der Waals surface area contributed by atoms with E-state index < -0.39 is 0 Å². The number of imidazole rings is 1. The van der Waals surface area contributed by atoms with Gasteiger partial charge in [0.1, 0.15) is 11.5 Å². The van der Waals surface area contributed by atoms with Crippen LogP contribution in [0.2, 0.25) is 0 Å². The topological polar surface area (TPSA) is 39.5 Å². The number of nitrogens with zero attached hydrogens (tertiary/aromatic N) is 3. The second kappa shape index (κ2) is 8.73. The maximum atomic E-state index is 5.81. The molecule has 0 amide bonds. The lowest BCUT2D eigenvalue weighted by Gasteiger charge is -2.32. The largest absolute Gasteiger partial charge is 0.497 e. The fraction of sp³-hybridized carbons (Fsp3) is 0.526. The minimum atomic E-state index is 0.732. The first-order valence-electron chi connectivity index (χ1n) is 8.78. The SMILES string of the molecule is COc1ccc(OCCCN2CCCC(Cn3ccnc3)C2)cc1. The van der Waals surface area contributed by atoms with Gasteiger partial charge in [-0.15, -0.1) is 0 Å². The average molecular weight is 329 g/mol. The first kappa shape index (κ1) is 16.8. The standard InChI is InChI=1S/C19H27N3O2/c1-23-18-5-7-19(8-6-18)24-13-3-11-21-10-2-4-17(14-21)15-22-12-9-20-16-22/h5-9,12,16-17H,2-4,10-11,13-15H2,1H3. The number of benzene rings is 1. The first-order valence-corrected chi connectivity index (χ1v) is 8.78. The Morgan fingerprint density at radius 2 is 2.04 bits per heavy atom. The highest BCUT2D eigenvalue weighted by Gasteiger charge is 2.19. The van der Waals surface area contributed by atoms with Crippen LogP contribution in [0, 0.1) is 5.92 Å². The van der Waals surface area contributed by atoms with Crippen LogP contribution in [-0.2, 0) is 6.54 Å². The molecule has 1 aromatic heterocycles. The summed E-state index contributed by atoms with van der Waals surface area (Å²) in [6, 6.07) is 7.78. The summed E-state index contributed by atoms with van der Waals surface area (Å²) in [7, 11) is 1.68. The number of ether oxygens (including phenoxy) is 2. The van der Waals surface area contributed by atoms with Gasteiger partial charge in [-0.2, -0.15) is 0 Å². The fourth-order valence-corrected chi connectivity index (χ4v) is 3.35. The lowest BCUT2D eigenvalue weighted by atomic mass is 9.98. The van der Waals surface area contributed by atoms with Gasteiger partial charge in [-0.25, -0.2) is 4.98 Å². The Morgan fingerprint density at radius 3 is 2.79 bits per heavy atom. The molecule has 1 aliphatic heterocycles. The van der Waals surface area contributed by atoms with Crippen LogP contribution in [0.25, 0.3) is 0 Å². The van der Waals surface area contributed by atoms with E-state index in [1.807, 2.05) is 36.8 Å². The molecular formula is C19H27N3O2. The van der Waals surface area contributed by atoms with Gasteiger partial charge in [0.05, 0.1) is 20.0 Å². The second-order valence-electron chi connectivity index (χ2n) is 6.45. The molecule has 1 fully saturated rings. The summed E-state index contributed by atoms with van der Waals surface area (Å²) >= 11 is 0. The molecule has 0 spiro atoms. The molecule has 5 nitrogen and oxygen atoms in total. The summed E-state index contributed by atoms with van der Waals surface area (Å²) in [5.74, 6) is 2.50. The van der Waals surface area contributed by atoms with Gasteiger partial charge >= 0.3 is 0 Å². The minimum Gasteiger partial charge on any atom is -0.497 e. The number of hydrogen-bond acceptors (Lipinski definition) is 4. The summed E-state index contributed by atoms with van der Waals surface area (Å²) in [6.45, 7) is 5.34. The van der Waals surface area contributed by atoms with E-state index in [0.717, 1.165) is 43.5 Å². The summed E-state index contributed by atoms with van der Waals surface area (Å²) in [5, 5.41) is 0. The van der Waals surface area contributed by atoms with E-state index in [9.17, 15) is 0 Å². The number of likely N-dealkylation sites (tertiary alicyclic amines) is 1. The molecule has 1 atom stereocenters. The van der Waals surface area contributed by atoms with E-state index >= 15 is 0 Å². The van der Waals surface area contributed by atoms with Gasteiger partial charge in [0, 0.05) is 32.0 Å². The number of methoxy groups -OCH3 is 1. The molecule has 0 radical (unpaired) electrons. The van der Waals surface area contributed by atoms with Crippen LogP contribution in [0.1, 0.15) is 19.3 Å². The molecule has 3 rings (SSSR count). The molecule has 1 aliphatic rings. The molecular weight excluding hydrogens is 302 g/mol. The van der Waals surface area contributed by atoms with Crippen molar-refractivity contribution in [2.45, 2.75) is 25.8 Å². The van der Waals surface area contributed by atoms with Crippen LogP contribution < -0.4 is 9.47 Å². The Kier molecular flexibility index (Phi) is 6.13. The zero-order valence-corrected chi connectivity index (χ0v) is 14.4. The van der Waals surface area contributed by atoms with Crippen molar-refractivity contribution < 1.29 is 9.47 Å². The molecule has 2 aromatic rings. The Bertz CT molecular complexity index is 583. The molecule has 0 bridgehead atoms. The normalized spacial score (nSPS) is 18.5. The second-order valence-corrected chi connectivity index (χ2v) is 6.45. The van der Waals surface area contributed by atoms with Crippen molar-refractivity contribution in [1.82, 2.24) is 14.5 Å². The molecule has 1 unspecified atom stereocenters. The van der Waals surface area contributed by atoms with Crippen molar-refractivity contribution >= 4 is 0 Å². The van der Waals surface area contributed by atoms with Crippen molar-refractivity contribution in [3.05, 3.63) is 43.0 Å². The quantitative estimate of drug-likeness (QED) is 0.698. The molecule has 130 valence electrons. The highest BCUT2D eigenvalue weighted by Crippen LogP contribution is 2.19. The van der Waals surface area contributed by atoms with E-state index in [-0.39, 0.29) is 0 Å². The van der Waals surface area contributed by atoms with E-state index in [4.69, 9.17) is 9.47 Å². The van der Waals surface area contributed by atoms with Crippen molar-refractivity contribution in [3.63, 3.8) is 0 Å². The molecule has 2 heterocycles. The monoisotopic (exact) mass is 329 g/mol. The molecule has 0 aliphatic carbocycles. The predicted octanol–water partition coefficient (Wildman–Crippen LogP) is 3.07. The molecule has 1 aromatic carbocycles. The lowest BCUT2D eigenvalue weighted by molar-refractivity contribution is 0.152. The van der Waals surface area contributed by atoms with Gasteiger partial charge in [0.2, 0.25) is 0 Å². The first-order chi connectivity index (χ1) is 11.8. The van der Waals surface area contributed by atoms with Crippen LogP contribution >= 0.6 is 0 Å². The molecule has 24 heavy (non-hydrogen) atoms. The van der Waals surface area contributed by atoms with Crippen molar-refractivity contribution in [2.75, 3.05) is 33.4 Å². The third-order valence-electron chi connectivity index (χ3n) is 4.58. The van der Waals surface area contributed by atoms with Crippen LogP contribution in [0.15, 0.2) is 43.0 Å². The minimum absolute atomic E-state index is 0.732. The Morgan fingerprint density at radius 1 is 1.21 bits per heavy atom. The molecule has 1 saturated heterocycles. The van der Waals surface area contributed by atoms with Crippen LogP contribution in [0.3, 0.4) is 0 Å². The smallest absolute Gasteiger partial charge is 0.119 e. The van der Waals surface area contributed by atoms with Gasteiger partial charge in [0.15, 0.2) is 0 Å². The Balaban J connectivity index is 1.35. The maximum Gasteiger partial charge on any atom is 0.119 e. The number of piperidine rings is 1. The highest BCUT2D eigenvalue weighted by atomic mass is 16.5.